The number of carbonyl (C=O) groups excluding carboxylic acids is 1. The van der Waals surface area contributed by atoms with Gasteiger partial charge in [0.25, 0.3) is 0 Å². The van der Waals surface area contributed by atoms with Crippen molar-refractivity contribution in [2.45, 2.75) is 45.6 Å². The summed E-state index contributed by atoms with van der Waals surface area (Å²) in [5.41, 5.74) is 2.78. The summed E-state index contributed by atoms with van der Waals surface area (Å²) in [5.74, 6) is 0.0649. The zero-order valence-corrected chi connectivity index (χ0v) is 17.8. The summed E-state index contributed by atoms with van der Waals surface area (Å²) < 4.78 is 1.78. The predicted octanol–water partition coefficient (Wildman–Crippen LogP) is 5.18. The molecule has 3 aromatic rings. The summed E-state index contributed by atoms with van der Waals surface area (Å²) in [4.78, 5) is 28.4. The van der Waals surface area contributed by atoms with Crippen molar-refractivity contribution in [3.05, 3.63) is 84.0 Å². The van der Waals surface area contributed by atoms with Crippen molar-refractivity contribution in [2.24, 2.45) is 0 Å². The van der Waals surface area contributed by atoms with Crippen molar-refractivity contribution in [2.75, 3.05) is 0 Å². The van der Waals surface area contributed by atoms with E-state index >= 15 is 0 Å². The minimum atomic E-state index is -0.950. The number of aromatic carboxylic acids is 1. The number of benzene rings is 2. The number of allylic oxidation sites excluding steroid dienone is 1. The van der Waals surface area contributed by atoms with Crippen LogP contribution in [0.15, 0.2) is 61.2 Å². The first kappa shape index (κ1) is 22.2. The van der Waals surface area contributed by atoms with Crippen LogP contribution >= 0.6 is 0 Å². The van der Waals surface area contributed by atoms with Gasteiger partial charge in [-0.3, -0.25) is 4.79 Å². The van der Waals surface area contributed by atoms with E-state index in [-0.39, 0.29) is 17.2 Å². The monoisotopic (exact) mass is 417 g/mol. The number of ketones is 1. The molecule has 0 amide bonds. The highest BCUT2D eigenvalue weighted by atomic mass is 16.4. The average molecular weight is 418 g/mol. The Morgan fingerprint density at radius 2 is 1.87 bits per heavy atom. The van der Waals surface area contributed by atoms with Crippen LogP contribution in [0.5, 0.6) is 0 Å². The van der Waals surface area contributed by atoms with E-state index in [2.05, 4.69) is 16.7 Å². The summed E-state index contributed by atoms with van der Waals surface area (Å²) >= 11 is 0. The summed E-state index contributed by atoms with van der Waals surface area (Å²) in [7, 11) is 0. The van der Waals surface area contributed by atoms with E-state index in [1.807, 2.05) is 43.3 Å². The third-order valence-corrected chi connectivity index (χ3v) is 5.08. The molecule has 3 rings (SSSR count). The Labute approximate surface area is 182 Å². The molecule has 160 valence electrons. The van der Waals surface area contributed by atoms with E-state index in [0.717, 1.165) is 36.2 Å². The predicted molar refractivity (Wildman–Crippen MR) is 120 cm³/mol. The molecule has 0 aliphatic heterocycles. The highest BCUT2D eigenvalue weighted by Gasteiger charge is 2.16. The van der Waals surface area contributed by atoms with Gasteiger partial charge >= 0.3 is 5.97 Å². The average Bonchev–Trinajstić information content (AvgIpc) is 3.19. The van der Waals surface area contributed by atoms with Gasteiger partial charge in [0, 0.05) is 12.8 Å². The lowest BCUT2D eigenvalue weighted by atomic mass is 9.99. The topological polar surface area (TPSA) is 85.1 Å². The summed E-state index contributed by atoms with van der Waals surface area (Å²) in [6.07, 6.45) is 5.49. The molecule has 0 aliphatic rings. The first-order valence-electron chi connectivity index (χ1n) is 10.5. The van der Waals surface area contributed by atoms with Crippen molar-refractivity contribution in [1.29, 1.82) is 0 Å². The van der Waals surface area contributed by atoms with Crippen LogP contribution in [0.2, 0.25) is 0 Å². The van der Waals surface area contributed by atoms with E-state index in [1.165, 1.54) is 0 Å². The van der Waals surface area contributed by atoms with Crippen LogP contribution in [0.1, 0.15) is 65.0 Å². The number of nitrogens with zero attached hydrogens (tertiary/aromatic N) is 3. The van der Waals surface area contributed by atoms with Crippen LogP contribution in [0.4, 0.5) is 0 Å². The van der Waals surface area contributed by atoms with Crippen LogP contribution in [-0.4, -0.2) is 31.6 Å². The minimum absolute atomic E-state index is 0.0268. The maximum Gasteiger partial charge on any atom is 0.336 e. The van der Waals surface area contributed by atoms with Gasteiger partial charge in [-0.25, -0.2) is 14.5 Å². The van der Waals surface area contributed by atoms with Crippen LogP contribution in [0.25, 0.3) is 11.1 Å². The molecule has 0 saturated heterocycles. The SMILES string of the molecule is C=CCCc1nc(C(=O)CCCC)nn1Cc1ccc(-c2ccccc2C(=O)O)cc1. The maximum absolute atomic E-state index is 12.4. The van der Waals surface area contributed by atoms with E-state index in [9.17, 15) is 14.7 Å². The number of carbonyl (C=O) groups is 2. The van der Waals surface area contributed by atoms with Gasteiger partial charge in [0.1, 0.15) is 5.82 Å². The van der Waals surface area contributed by atoms with Gasteiger partial charge in [0.05, 0.1) is 12.1 Å². The van der Waals surface area contributed by atoms with E-state index < -0.39 is 5.97 Å². The van der Waals surface area contributed by atoms with Crippen LogP contribution in [0.3, 0.4) is 0 Å². The summed E-state index contributed by atoms with van der Waals surface area (Å²) in [6.45, 7) is 6.30. The van der Waals surface area contributed by atoms with Gasteiger partial charge in [0.2, 0.25) is 11.6 Å². The number of aryl methyl sites for hydroxylation is 1. The number of Topliss-reactive ketones (excluding diaryl/α,β-unsaturated/α-hetero) is 1. The second-order valence-electron chi connectivity index (χ2n) is 7.41. The maximum atomic E-state index is 12.4. The highest BCUT2D eigenvalue weighted by molar-refractivity contribution is 5.96. The lowest BCUT2D eigenvalue weighted by Crippen LogP contribution is -2.08. The number of rotatable bonds is 11. The Hall–Kier alpha value is -3.54. The number of unbranched alkanes of at least 4 members (excludes halogenated alkanes) is 1. The Kier molecular flexibility index (Phi) is 7.49. The van der Waals surface area contributed by atoms with Crippen molar-refractivity contribution in [3.63, 3.8) is 0 Å². The Morgan fingerprint density at radius 3 is 2.55 bits per heavy atom. The Bertz CT molecular complexity index is 1070. The third kappa shape index (κ3) is 5.54. The molecule has 6 nitrogen and oxygen atoms in total. The molecule has 0 spiro atoms. The van der Waals surface area contributed by atoms with Gasteiger partial charge in [0.15, 0.2) is 0 Å². The zero-order chi connectivity index (χ0) is 22.2. The molecule has 0 radical (unpaired) electrons. The lowest BCUT2D eigenvalue weighted by Gasteiger charge is -2.09. The fraction of sp³-hybridized carbons (Fsp3) is 0.280. The van der Waals surface area contributed by atoms with Crippen LogP contribution < -0.4 is 0 Å². The number of hydrogen-bond donors (Lipinski definition) is 1. The van der Waals surface area contributed by atoms with Crippen molar-refractivity contribution in [3.8, 4) is 11.1 Å². The van der Waals surface area contributed by atoms with Crippen molar-refractivity contribution >= 4 is 11.8 Å². The molecule has 6 heteroatoms. The normalized spacial score (nSPS) is 10.7. The van der Waals surface area contributed by atoms with Crippen molar-refractivity contribution in [1.82, 2.24) is 14.8 Å². The van der Waals surface area contributed by atoms with Gasteiger partial charge in [-0.2, -0.15) is 0 Å². The molecule has 2 aromatic carbocycles. The summed E-state index contributed by atoms with van der Waals surface area (Å²) in [5, 5.41) is 13.9. The fourth-order valence-corrected chi connectivity index (χ4v) is 3.37. The molecule has 1 N–H and O–H groups in total. The zero-order valence-electron chi connectivity index (χ0n) is 17.8. The highest BCUT2D eigenvalue weighted by Crippen LogP contribution is 2.24. The molecular weight excluding hydrogens is 390 g/mol. The molecular formula is C25H27N3O3. The number of hydrogen-bond acceptors (Lipinski definition) is 4. The largest absolute Gasteiger partial charge is 0.478 e. The molecule has 0 atom stereocenters. The smallest absolute Gasteiger partial charge is 0.336 e. The van der Waals surface area contributed by atoms with Crippen LogP contribution in [0, 0.1) is 0 Å². The quantitative estimate of drug-likeness (QED) is 0.343. The minimum Gasteiger partial charge on any atom is -0.478 e. The second kappa shape index (κ2) is 10.5. The Balaban J connectivity index is 1.83. The second-order valence-corrected chi connectivity index (χ2v) is 7.41. The van der Waals surface area contributed by atoms with Crippen molar-refractivity contribution < 1.29 is 14.7 Å². The molecule has 0 aliphatic carbocycles. The molecule has 0 bridgehead atoms. The first-order chi connectivity index (χ1) is 15.0. The van der Waals surface area contributed by atoms with Gasteiger partial charge in [-0.1, -0.05) is 61.9 Å². The lowest BCUT2D eigenvalue weighted by molar-refractivity contribution is 0.0697. The number of carboxylic acid groups (broad SMARTS) is 1. The number of aromatic nitrogens is 3. The molecule has 0 unspecified atom stereocenters. The van der Waals surface area contributed by atoms with Gasteiger partial charge < -0.3 is 5.11 Å². The molecule has 0 fully saturated rings. The number of carboxylic acids is 1. The van der Waals surface area contributed by atoms with E-state index in [0.29, 0.717) is 24.9 Å². The molecule has 1 heterocycles. The third-order valence-electron chi connectivity index (χ3n) is 5.08. The van der Waals surface area contributed by atoms with Gasteiger partial charge in [-0.05, 0) is 35.6 Å². The fourth-order valence-electron chi connectivity index (χ4n) is 3.37. The standard InChI is InChI=1S/C25H27N3O3/c1-3-5-11-22(29)24-26-23(12-6-4-2)28(27-24)17-18-13-15-19(16-14-18)20-9-7-8-10-21(20)25(30)31/h4,7-10,13-16H,2-3,5-6,11-12,17H2,1H3,(H,30,31). The van der Waals surface area contributed by atoms with E-state index in [4.69, 9.17) is 0 Å². The van der Waals surface area contributed by atoms with E-state index in [1.54, 1.807) is 22.9 Å². The molecule has 0 saturated carbocycles. The molecule has 1 aromatic heterocycles. The van der Waals surface area contributed by atoms with Gasteiger partial charge in [-0.15, -0.1) is 11.7 Å². The van der Waals surface area contributed by atoms with Crippen LogP contribution in [-0.2, 0) is 13.0 Å². The first-order valence-corrected chi connectivity index (χ1v) is 10.5. The Morgan fingerprint density at radius 1 is 1.13 bits per heavy atom. The summed E-state index contributed by atoms with van der Waals surface area (Å²) in [6, 6.07) is 14.7. The molecule has 31 heavy (non-hydrogen) atoms.